The van der Waals surface area contributed by atoms with Gasteiger partial charge in [0.25, 0.3) is 0 Å². The summed E-state index contributed by atoms with van der Waals surface area (Å²) in [5.41, 5.74) is 2.26. The lowest BCUT2D eigenvalue weighted by atomic mass is 10.1. The maximum Gasteiger partial charge on any atom is 0.137 e. The van der Waals surface area contributed by atoms with E-state index in [1.54, 1.807) is 6.92 Å². The van der Waals surface area contributed by atoms with E-state index in [2.05, 4.69) is 0 Å². The Morgan fingerprint density at radius 1 is 0.690 bits per heavy atom. The Morgan fingerprint density at radius 3 is 1.34 bits per heavy atom. The molecule has 0 aliphatic heterocycles. The van der Waals surface area contributed by atoms with Crippen molar-refractivity contribution in [2.75, 3.05) is 0 Å². The first-order valence-corrected chi connectivity index (χ1v) is 9.96. The predicted octanol–water partition coefficient (Wildman–Crippen LogP) is 7.13. The third-order valence-electron chi connectivity index (χ3n) is 3.24. The van der Waals surface area contributed by atoms with Crippen molar-refractivity contribution in [1.82, 2.24) is 0 Å². The molecule has 0 saturated carbocycles. The Morgan fingerprint density at radius 2 is 1.07 bits per heavy atom. The monoisotopic (exact) mass is 458 g/mol. The summed E-state index contributed by atoms with van der Waals surface area (Å²) in [5.74, 6) is 0.655. The Balaban J connectivity index is 0. The third-order valence-corrected chi connectivity index (χ3v) is 4.06. The highest BCUT2D eigenvalue weighted by Crippen LogP contribution is 2.11. The van der Waals surface area contributed by atoms with E-state index in [0.29, 0.717) is 12.3 Å². The smallest absolute Gasteiger partial charge is 0.137 e. The maximum atomic E-state index is 10.7. The molecule has 0 saturated heterocycles. The number of rotatable bonds is 6. The number of Topliss-reactive ketones (excluding diaryl/α,β-unsaturated/α-hetero) is 3. The van der Waals surface area contributed by atoms with E-state index in [1.807, 2.05) is 48.5 Å². The van der Waals surface area contributed by atoms with Crippen LogP contribution >= 0.6 is 34.8 Å². The van der Waals surface area contributed by atoms with Crippen LogP contribution < -0.4 is 0 Å². The van der Waals surface area contributed by atoms with Crippen LogP contribution in [-0.4, -0.2) is 17.3 Å². The average molecular weight is 460 g/mol. The number of carbonyl (C=O) groups excluding carboxylic acids is 3. The number of halogens is 3. The molecule has 0 aromatic heterocycles. The van der Waals surface area contributed by atoms with E-state index in [0.717, 1.165) is 27.6 Å². The Kier molecular flexibility index (Phi) is 17.5. The number of hydrogen-bond acceptors (Lipinski definition) is 3. The van der Waals surface area contributed by atoms with Gasteiger partial charge in [-0.25, -0.2) is 0 Å². The van der Waals surface area contributed by atoms with Crippen LogP contribution in [0.3, 0.4) is 0 Å². The third kappa shape index (κ3) is 18.1. The lowest BCUT2D eigenvalue weighted by molar-refractivity contribution is -0.124. The van der Waals surface area contributed by atoms with Crippen LogP contribution in [-0.2, 0) is 26.7 Å². The number of ketones is 3. The quantitative estimate of drug-likeness (QED) is 0.341. The van der Waals surface area contributed by atoms with Gasteiger partial charge in [-0.15, -0.1) is 11.6 Å². The lowest BCUT2D eigenvalue weighted by Crippen LogP contribution is -1.97. The fraction of sp³-hybridized carbons (Fsp3) is 0.348. The van der Waals surface area contributed by atoms with E-state index in [9.17, 15) is 14.4 Å². The molecule has 0 N–H and O–H groups in total. The molecule has 0 aliphatic rings. The molecule has 3 nitrogen and oxygen atoms in total. The number of benzene rings is 2. The van der Waals surface area contributed by atoms with Gasteiger partial charge in [-0.3, -0.25) is 9.59 Å². The first-order chi connectivity index (χ1) is 13.1. The summed E-state index contributed by atoms with van der Waals surface area (Å²) in [6.07, 6.45) is 1.51. The molecular formula is C23H29Cl3O3. The largest absolute Gasteiger partial charge is 0.300 e. The summed E-state index contributed by atoms with van der Waals surface area (Å²) in [6, 6.07) is 15.1. The zero-order valence-corrected chi connectivity index (χ0v) is 18.6. The summed E-state index contributed by atoms with van der Waals surface area (Å²) >= 11 is 16.9. The molecule has 0 radical (unpaired) electrons. The Hall–Kier alpha value is -1.68. The van der Waals surface area contributed by atoms with Crippen molar-refractivity contribution in [2.45, 2.75) is 53.3 Å². The standard InChI is InChI=1S/C10H11ClO.C7H6Cl2.C5H8O2.CH4/c1-8(12)2-3-9-4-6-10(11)7-5-9;8-5-6-1-3-7(9)4-2-6;1-4(6)3-5(2)7;/h4-7H,2-3H2,1H3;1-4H,5H2;3H2,1-2H3;1H4. The topological polar surface area (TPSA) is 51.2 Å². The van der Waals surface area contributed by atoms with Crippen molar-refractivity contribution in [3.8, 4) is 0 Å². The molecule has 2 aromatic rings. The first-order valence-electron chi connectivity index (χ1n) is 8.67. The summed E-state index contributed by atoms with van der Waals surface area (Å²) in [5, 5.41) is 1.49. The minimum Gasteiger partial charge on any atom is -0.300 e. The van der Waals surface area contributed by atoms with E-state index in [-0.39, 0.29) is 31.2 Å². The fourth-order valence-corrected chi connectivity index (χ4v) is 2.33. The van der Waals surface area contributed by atoms with Crippen LogP contribution in [0.5, 0.6) is 0 Å². The normalized spacial score (nSPS) is 9.03. The van der Waals surface area contributed by atoms with Crippen LogP contribution in [0.15, 0.2) is 48.5 Å². The van der Waals surface area contributed by atoms with Gasteiger partial charge in [0.2, 0.25) is 0 Å². The van der Waals surface area contributed by atoms with Gasteiger partial charge in [0.1, 0.15) is 17.3 Å². The average Bonchev–Trinajstić information content (AvgIpc) is 2.62. The molecule has 2 rings (SSSR count). The summed E-state index contributed by atoms with van der Waals surface area (Å²) in [4.78, 5) is 30.7. The zero-order valence-electron chi connectivity index (χ0n) is 16.3. The molecule has 0 aliphatic carbocycles. The highest BCUT2D eigenvalue weighted by molar-refractivity contribution is 6.30. The van der Waals surface area contributed by atoms with Crippen molar-refractivity contribution >= 4 is 52.2 Å². The summed E-state index contributed by atoms with van der Waals surface area (Å²) in [7, 11) is 0. The predicted molar refractivity (Wildman–Crippen MR) is 124 cm³/mol. The van der Waals surface area contributed by atoms with Crippen molar-refractivity contribution in [1.29, 1.82) is 0 Å². The molecule has 160 valence electrons. The highest BCUT2D eigenvalue weighted by Gasteiger charge is 1.96. The van der Waals surface area contributed by atoms with Gasteiger partial charge in [-0.1, -0.05) is 54.9 Å². The van der Waals surface area contributed by atoms with Crippen LogP contribution in [0.1, 0.15) is 52.2 Å². The Bertz CT molecular complexity index is 727. The van der Waals surface area contributed by atoms with Crippen LogP contribution in [0.4, 0.5) is 0 Å². The second-order valence-electron chi connectivity index (χ2n) is 6.17. The molecule has 0 spiro atoms. The van der Waals surface area contributed by atoms with Crippen molar-refractivity contribution in [2.24, 2.45) is 0 Å². The molecule has 0 bridgehead atoms. The first kappa shape index (κ1) is 29.5. The van der Waals surface area contributed by atoms with Crippen molar-refractivity contribution in [3.63, 3.8) is 0 Å². The van der Waals surface area contributed by atoms with Gasteiger partial charge >= 0.3 is 0 Å². The SMILES string of the molecule is C.CC(=O)CC(C)=O.CC(=O)CCc1ccc(Cl)cc1.ClCc1ccc(Cl)cc1. The fourth-order valence-electron chi connectivity index (χ4n) is 1.90. The minimum absolute atomic E-state index is 0. The lowest BCUT2D eigenvalue weighted by Gasteiger charge is -1.97. The second-order valence-corrected chi connectivity index (χ2v) is 7.31. The van der Waals surface area contributed by atoms with E-state index in [4.69, 9.17) is 34.8 Å². The number of hydrogen-bond donors (Lipinski definition) is 0. The van der Waals surface area contributed by atoms with Crippen LogP contribution in [0, 0.1) is 0 Å². The van der Waals surface area contributed by atoms with Gasteiger partial charge in [0.05, 0.1) is 6.42 Å². The van der Waals surface area contributed by atoms with Crippen LogP contribution in [0.2, 0.25) is 10.0 Å². The summed E-state index contributed by atoms with van der Waals surface area (Å²) < 4.78 is 0. The number of aryl methyl sites for hydroxylation is 1. The van der Waals surface area contributed by atoms with Gasteiger partial charge in [0.15, 0.2) is 0 Å². The van der Waals surface area contributed by atoms with Crippen molar-refractivity contribution < 1.29 is 14.4 Å². The van der Waals surface area contributed by atoms with Gasteiger partial charge in [-0.2, -0.15) is 0 Å². The molecule has 6 heteroatoms. The molecule has 0 amide bonds. The molecule has 0 fully saturated rings. The highest BCUT2D eigenvalue weighted by atomic mass is 35.5. The van der Waals surface area contributed by atoms with E-state index < -0.39 is 0 Å². The van der Waals surface area contributed by atoms with Crippen LogP contribution in [0.25, 0.3) is 0 Å². The van der Waals surface area contributed by atoms with E-state index >= 15 is 0 Å². The minimum atomic E-state index is -0.0625. The molecular weight excluding hydrogens is 431 g/mol. The van der Waals surface area contributed by atoms with Gasteiger partial charge in [-0.05, 0) is 62.6 Å². The molecule has 0 heterocycles. The van der Waals surface area contributed by atoms with Gasteiger partial charge in [0, 0.05) is 22.3 Å². The molecule has 0 unspecified atom stereocenters. The number of carbonyl (C=O) groups is 3. The second kappa shape index (κ2) is 17.2. The number of alkyl halides is 1. The summed E-state index contributed by atoms with van der Waals surface area (Å²) in [6.45, 7) is 4.42. The zero-order chi connectivity index (χ0) is 21.5. The maximum absolute atomic E-state index is 10.7. The molecule has 2 aromatic carbocycles. The van der Waals surface area contributed by atoms with Crippen molar-refractivity contribution in [3.05, 3.63) is 69.7 Å². The van der Waals surface area contributed by atoms with Gasteiger partial charge < -0.3 is 4.79 Å². The molecule has 29 heavy (non-hydrogen) atoms. The molecule has 0 atom stereocenters. The van der Waals surface area contributed by atoms with E-state index in [1.165, 1.54) is 13.8 Å². The Labute approximate surface area is 189 Å².